The molecule has 7 nitrogen and oxygen atoms in total. The number of β-amino-alcohol motifs (C(OH)–C–C–N with tert-alkyl or cyclic N) is 1. The number of nitrogens with zero attached hydrogens (tertiary/aromatic N) is 3. The van der Waals surface area contributed by atoms with Crippen LogP contribution in [0.5, 0.6) is 0 Å². The molecule has 6 rings (SSSR count). The molecule has 4 saturated carbocycles. The average molecular weight is 443 g/mol. The molecule has 32 heavy (non-hydrogen) atoms. The summed E-state index contributed by atoms with van der Waals surface area (Å²) in [6.45, 7) is 9.06. The van der Waals surface area contributed by atoms with Gasteiger partial charge in [-0.15, -0.1) is 0 Å². The van der Waals surface area contributed by atoms with Gasteiger partial charge in [-0.25, -0.2) is 4.98 Å². The van der Waals surface area contributed by atoms with Crippen LogP contribution in [0, 0.1) is 17.8 Å². The largest absolute Gasteiger partial charge is 0.390 e. The molecule has 5 aliphatic rings. The molecule has 5 fully saturated rings. The number of aromatic nitrogens is 1. The Morgan fingerprint density at radius 3 is 2.56 bits per heavy atom. The van der Waals surface area contributed by atoms with Crippen LogP contribution in [0.15, 0.2) is 18.2 Å². The zero-order valence-corrected chi connectivity index (χ0v) is 19.6. The Hall–Kier alpha value is -1.70. The smallest absolute Gasteiger partial charge is 0.270 e. The summed E-state index contributed by atoms with van der Waals surface area (Å²) in [5.74, 6) is 2.16. The van der Waals surface area contributed by atoms with Crippen LogP contribution in [0.4, 0.5) is 5.82 Å². The van der Waals surface area contributed by atoms with Gasteiger partial charge in [-0.2, -0.15) is 0 Å². The van der Waals surface area contributed by atoms with Gasteiger partial charge in [0, 0.05) is 38.3 Å². The van der Waals surface area contributed by atoms with E-state index in [0.717, 1.165) is 57.6 Å². The van der Waals surface area contributed by atoms with E-state index in [1.165, 1.54) is 0 Å². The van der Waals surface area contributed by atoms with E-state index >= 15 is 0 Å². The van der Waals surface area contributed by atoms with Crippen molar-refractivity contribution in [3.05, 3.63) is 23.9 Å². The van der Waals surface area contributed by atoms with Crippen molar-refractivity contribution in [1.29, 1.82) is 0 Å². The first-order valence-electron chi connectivity index (χ1n) is 12.3. The minimum Gasteiger partial charge on any atom is -0.390 e. The van der Waals surface area contributed by atoms with Crippen molar-refractivity contribution in [1.82, 2.24) is 15.2 Å². The van der Waals surface area contributed by atoms with E-state index in [2.05, 4.69) is 22.0 Å². The number of anilines is 1. The van der Waals surface area contributed by atoms with Gasteiger partial charge in [-0.3, -0.25) is 9.69 Å². The maximum absolute atomic E-state index is 13.2. The molecule has 3 atom stereocenters. The molecule has 0 aromatic carbocycles. The SMILES string of the molecule is C[C@@H]1CN(CC(C)(C)O)CCN1c1cccc(C(=O)N[C@H]2C3CC4CC2C[C@](O)(C4)C3)n1. The van der Waals surface area contributed by atoms with Gasteiger partial charge in [0.2, 0.25) is 0 Å². The first kappa shape index (κ1) is 22.1. The van der Waals surface area contributed by atoms with Crippen molar-refractivity contribution >= 4 is 11.7 Å². The third kappa shape index (κ3) is 4.39. The second kappa shape index (κ2) is 7.96. The van der Waals surface area contributed by atoms with Gasteiger partial charge in [-0.05, 0) is 82.8 Å². The summed E-state index contributed by atoms with van der Waals surface area (Å²) in [6.07, 6.45) is 4.86. The van der Waals surface area contributed by atoms with Gasteiger partial charge in [0.1, 0.15) is 11.5 Å². The van der Waals surface area contributed by atoms with Crippen LogP contribution in [0.2, 0.25) is 0 Å². The van der Waals surface area contributed by atoms with Gasteiger partial charge in [-0.1, -0.05) is 6.07 Å². The number of nitrogens with one attached hydrogen (secondary N) is 1. The topological polar surface area (TPSA) is 88.9 Å². The number of amides is 1. The standard InChI is InChI=1S/C25H38N4O3/c1-16-14-28(15-24(2,3)31)7-8-29(16)21-6-4-5-20(26-21)23(30)27-22-18-9-17-10-19(22)13-25(32,11-17)12-18/h4-6,16-19,22,31-32H,7-15H2,1-3H3,(H,27,30)/t16-,17?,18?,19?,22-,25-/m1/s1. The molecule has 2 heterocycles. The Bertz CT molecular complexity index is 853. The predicted octanol–water partition coefficient (Wildman–Crippen LogP) is 2.03. The molecule has 4 aliphatic carbocycles. The Morgan fingerprint density at radius 2 is 1.94 bits per heavy atom. The van der Waals surface area contributed by atoms with Crippen molar-refractivity contribution in [2.45, 2.75) is 76.2 Å². The Balaban J connectivity index is 1.24. The van der Waals surface area contributed by atoms with Gasteiger partial charge in [0.05, 0.1) is 11.2 Å². The van der Waals surface area contributed by atoms with Crippen LogP contribution in [0.25, 0.3) is 0 Å². The molecule has 1 amide bonds. The quantitative estimate of drug-likeness (QED) is 0.647. The maximum atomic E-state index is 13.2. The highest BCUT2D eigenvalue weighted by molar-refractivity contribution is 5.93. The van der Waals surface area contributed by atoms with Crippen LogP contribution in [-0.4, -0.2) is 75.5 Å². The van der Waals surface area contributed by atoms with Crippen LogP contribution < -0.4 is 10.2 Å². The highest BCUT2D eigenvalue weighted by atomic mass is 16.3. The van der Waals surface area contributed by atoms with Crippen LogP contribution in [0.3, 0.4) is 0 Å². The van der Waals surface area contributed by atoms with Crippen molar-refractivity contribution in [2.75, 3.05) is 31.1 Å². The normalized spacial score (nSPS) is 37.0. The molecular formula is C25H38N4O3. The number of carbonyl (C=O) groups excluding carboxylic acids is 1. The molecule has 2 unspecified atom stereocenters. The molecule has 176 valence electrons. The first-order valence-corrected chi connectivity index (χ1v) is 12.3. The van der Waals surface area contributed by atoms with Crippen molar-refractivity contribution in [3.63, 3.8) is 0 Å². The van der Waals surface area contributed by atoms with Gasteiger partial charge in [0.15, 0.2) is 0 Å². The van der Waals surface area contributed by atoms with Crippen molar-refractivity contribution in [3.8, 4) is 0 Å². The lowest BCUT2D eigenvalue weighted by molar-refractivity contribution is -0.136. The number of hydrogen-bond acceptors (Lipinski definition) is 6. The summed E-state index contributed by atoms with van der Waals surface area (Å²) in [5.41, 5.74) is -0.716. The average Bonchev–Trinajstić information content (AvgIpc) is 2.68. The summed E-state index contributed by atoms with van der Waals surface area (Å²) < 4.78 is 0. The molecular weight excluding hydrogens is 404 g/mol. The maximum Gasteiger partial charge on any atom is 0.270 e. The monoisotopic (exact) mass is 442 g/mol. The molecule has 1 aromatic rings. The van der Waals surface area contributed by atoms with E-state index in [4.69, 9.17) is 4.98 Å². The zero-order valence-electron chi connectivity index (χ0n) is 19.6. The zero-order chi connectivity index (χ0) is 22.7. The summed E-state index contributed by atoms with van der Waals surface area (Å²) in [6, 6.07) is 6.12. The van der Waals surface area contributed by atoms with Gasteiger partial charge in [0.25, 0.3) is 5.91 Å². The van der Waals surface area contributed by atoms with Crippen molar-refractivity contribution < 1.29 is 15.0 Å². The Morgan fingerprint density at radius 1 is 1.22 bits per heavy atom. The van der Waals surface area contributed by atoms with E-state index in [9.17, 15) is 15.0 Å². The number of piperazine rings is 1. The molecule has 0 radical (unpaired) electrons. The number of hydrogen-bond donors (Lipinski definition) is 3. The minimum atomic E-state index is -0.703. The van der Waals surface area contributed by atoms with Crippen molar-refractivity contribution in [2.24, 2.45) is 17.8 Å². The summed E-state index contributed by atoms with van der Waals surface area (Å²) in [4.78, 5) is 22.4. The highest BCUT2D eigenvalue weighted by Crippen LogP contribution is 2.55. The number of carbonyl (C=O) groups is 1. The summed E-state index contributed by atoms with van der Waals surface area (Å²) >= 11 is 0. The summed E-state index contributed by atoms with van der Waals surface area (Å²) in [7, 11) is 0. The van der Waals surface area contributed by atoms with Crippen LogP contribution >= 0.6 is 0 Å². The molecule has 4 bridgehead atoms. The second-order valence-corrected chi connectivity index (χ2v) is 11.7. The van der Waals surface area contributed by atoms with E-state index in [1.807, 2.05) is 26.0 Å². The fourth-order valence-corrected chi connectivity index (χ4v) is 7.22. The highest BCUT2D eigenvalue weighted by Gasteiger charge is 2.55. The summed E-state index contributed by atoms with van der Waals surface area (Å²) in [5, 5.41) is 24.2. The predicted molar refractivity (Wildman–Crippen MR) is 124 cm³/mol. The first-order chi connectivity index (χ1) is 15.1. The Kier molecular flexibility index (Phi) is 5.50. The number of aliphatic hydroxyl groups is 2. The Labute approximate surface area is 191 Å². The lowest BCUT2D eigenvalue weighted by Crippen LogP contribution is -2.61. The molecule has 3 N–H and O–H groups in total. The molecule has 0 spiro atoms. The molecule has 7 heteroatoms. The van der Waals surface area contributed by atoms with Crippen LogP contribution in [0.1, 0.15) is 63.4 Å². The number of pyridine rings is 1. The van der Waals surface area contributed by atoms with E-state index in [0.29, 0.717) is 30.0 Å². The van der Waals surface area contributed by atoms with E-state index in [-0.39, 0.29) is 18.0 Å². The molecule has 1 saturated heterocycles. The van der Waals surface area contributed by atoms with Gasteiger partial charge < -0.3 is 20.4 Å². The third-order valence-corrected chi connectivity index (χ3v) is 8.12. The van der Waals surface area contributed by atoms with E-state index in [1.54, 1.807) is 6.07 Å². The fourth-order valence-electron chi connectivity index (χ4n) is 7.22. The third-order valence-electron chi connectivity index (χ3n) is 8.12. The van der Waals surface area contributed by atoms with E-state index < -0.39 is 11.2 Å². The fraction of sp³-hybridized carbons (Fsp3) is 0.760. The second-order valence-electron chi connectivity index (χ2n) is 11.7. The molecule has 1 aromatic heterocycles. The van der Waals surface area contributed by atoms with Crippen LogP contribution in [-0.2, 0) is 0 Å². The van der Waals surface area contributed by atoms with Gasteiger partial charge >= 0.3 is 0 Å². The lowest BCUT2D eigenvalue weighted by atomic mass is 9.52. The number of rotatable bonds is 5. The molecule has 1 aliphatic heterocycles. The lowest BCUT2D eigenvalue weighted by Gasteiger charge is -2.58. The minimum absolute atomic E-state index is 0.0929.